The zero-order valence-electron chi connectivity index (χ0n) is 9.28. The van der Waals surface area contributed by atoms with Crippen LogP contribution in [-0.4, -0.2) is 12.6 Å². The van der Waals surface area contributed by atoms with Gasteiger partial charge in [0, 0.05) is 6.04 Å². The summed E-state index contributed by atoms with van der Waals surface area (Å²) >= 11 is 0. The van der Waals surface area contributed by atoms with E-state index in [1.165, 1.54) is 5.57 Å². The molecule has 0 bridgehead atoms. The van der Waals surface area contributed by atoms with Gasteiger partial charge in [-0.1, -0.05) is 23.8 Å². The van der Waals surface area contributed by atoms with Crippen LogP contribution in [0.1, 0.15) is 19.8 Å². The minimum Gasteiger partial charge on any atom is -0.492 e. The van der Waals surface area contributed by atoms with Gasteiger partial charge in [-0.2, -0.15) is 0 Å². The monoisotopic (exact) mass is 205 g/mol. The molecule has 0 radical (unpaired) electrons. The highest BCUT2D eigenvalue weighted by Gasteiger charge is 2.03. The number of benzene rings is 1. The van der Waals surface area contributed by atoms with Crippen molar-refractivity contribution in [1.29, 1.82) is 0 Å². The Morgan fingerprint density at radius 3 is 2.67 bits per heavy atom. The molecule has 2 N–H and O–H groups in total. The van der Waals surface area contributed by atoms with Crippen molar-refractivity contribution in [2.75, 3.05) is 6.61 Å². The van der Waals surface area contributed by atoms with Crippen molar-refractivity contribution in [3.05, 3.63) is 42.5 Å². The normalized spacial score (nSPS) is 12.1. The molecule has 1 aromatic rings. The van der Waals surface area contributed by atoms with Gasteiger partial charge in [-0.25, -0.2) is 0 Å². The van der Waals surface area contributed by atoms with E-state index >= 15 is 0 Å². The molecule has 1 atom stereocenters. The Kier molecular flexibility index (Phi) is 4.91. The van der Waals surface area contributed by atoms with E-state index in [4.69, 9.17) is 10.5 Å². The van der Waals surface area contributed by atoms with Crippen LogP contribution in [0.3, 0.4) is 0 Å². The zero-order chi connectivity index (χ0) is 11.1. The molecule has 0 heterocycles. The predicted molar refractivity (Wildman–Crippen MR) is 64.0 cm³/mol. The summed E-state index contributed by atoms with van der Waals surface area (Å²) in [6.07, 6.45) is 1.90. The van der Waals surface area contributed by atoms with Gasteiger partial charge in [0.15, 0.2) is 0 Å². The molecular weight excluding hydrogens is 186 g/mol. The zero-order valence-corrected chi connectivity index (χ0v) is 9.28. The maximum atomic E-state index is 5.90. The largest absolute Gasteiger partial charge is 0.492 e. The lowest BCUT2D eigenvalue weighted by Crippen LogP contribution is -2.27. The summed E-state index contributed by atoms with van der Waals surface area (Å²) in [4.78, 5) is 0. The minimum absolute atomic E-state index is 0.0851. The SMILES string of the molecule is C=C(C)CCC(N)COc1ccccc1. The molecule has 0 fully saturated rings. The van der Waals surface area contributed by atoms with E-state index in [1.807, 2.05) is 37.3 Å². The fraction of sp³-hybridized carbons (Fsp3) is 0.385. The molecule has 0 saturated heterocycles. The van der Waals surface area contributed by atoms with Crippen molar-refractivity contribution in [3.8, 4) is 5.75 Å². The highest BCUT2D eigenvalue weighted by molar-refractivity contribution is 5.20. The van der Waals surface area contributed by atoms with E-state index < -0.39 is 0 Å². The first-order valence-corrected chi connectivity index (χ1v) is 5.26. The van der Waals surface area contributed by atoms with Gasteiger partial charge >= 0.3 is 0 Å². The number of ether oxygens (including phenoxy) is 1. The molecule has 2 nitrogen and oxygen atoms in total. The lowest BCUT2D eigenvalue weighted by molar-refractivity contribution is 0.282. The topological polar surface area (TPSA) is 35.2 Å². The third-order valence-corrected chi connectivity index (χ3v) is 2.15. The van der Waals surface area contributed by atoms with E-state index in [9.17, 15) is 0 Å². The molecule has 0 aliphatic carbocycles. The number of nitrogens with two attached hydrogens (primary N) is 1. The van der Waals surface area contributed by atoms with Crippen molar-refractivity contribution < 1.29 is 4.74 Å². The van der Waals surface area contributed by atoms with Gasteiger partial charge in [-0.05, 0) is 31.9 Å². The van der Waals surface area contributed by atoms with Crippen LogP contribution < -0.4 is 10.5 Å². The Morgan fingerprint density at radius 2 is 2.07 bits per heavy atom. The van der Waals surface area contributed by atoms with Crippen LogP contribution in [-0.2, 0) is 0 Å². The number of hydrogen-bond donors (Lipinski definition) is 1. The summed E-state index contributed by atoms with van der Waals surface area (Å²) in [6.45, 7) is 6.43. The highest BCUT2D eigenvalue weighted by atomic mass is 16.5. The Balaban J connectivity index is 2.22. The van der Waals surface area contributed by atoms with E-state index in [0.29, 0.717) is 6.61 Å². The van der Waals surface area contributed by atoms with Crippen LogP contribution in [0.25, 0.3) is 0 Å². The van der Waals surface area contributed by atoms with Gasteiger partial charge < -0.3 is 10.5 Å². The summed E-state index contributed by atoms with van der Waals surface area (Å²) in [5.41, 5.74) is 7.08. The van der Waals surface area contributed by atoms with Gasteiger partial charge in [0.2, 0.25) is 0 Å². The van der Waals surface area contributed by atoms with Crippen LogP contribution in [0.5, 0.6) is 5.75 Å². The van der Waals surface area contributed by atoms with Crippen molar-refractivity contribution in [2.24, 2.45) is 5.73 Å². The van der Waals surface area contributed by atoms with E-state index in [2.05, 4.69) is 6.58 Å². The molecule has 1 unspecified atom stereocenters. The Labute approximate surface area is 91.7 Å². The second kappa shape index (κ2) is 6.25. The first kappa shape index (κ1) is 11.8. The van der Waals surface area contributed by atoms with Crippen LogP contribution in [0.4, 0.5) is 0 Å². The first-order valence-electron chi connectivity index (χ1n) is 5.26. The summed E-state index contributed by atoms with van der Waals surface area (Å²) in [5.74, 6) is 0.878. The van der Waals surface area contributed by atoms with Gasteiger partial charge in [-0.15, -0.1) is 6.58 Å². The van der Waals surface area contributed by atoms with Crippen LogP contribution in [0.2, 0.25) is 0 Å². The summed E-state index contributed by atoms with van der Waals surface area (Å²) in [6, 6.07) is 9.83. The maximum absolute atomic E-state index is 5.90. The molecule has 1 aromatic carbocycles. The van der Waals surface area contributed by atoms with E-state index in [1.54, 1.807) is 0 Å². The van der Waals surface area contributed by atoms with Crippen molar-refractivity contribution in [2.45, 2.75) is 25.8 Å². The molecule has 0 saturated carbocycles. The Morgan fingerprint density at radius 1 is 1.40 bits per heavy atom. The quantitative estimate of drug-likeness (QED) is 0.725. The summed E-state index contributed by atoms with van der Waals surface area (Å²) < 4.78 is 5.55. The van der Waals surface area contributed by atoms with Crippen molar-refractivity contribution >= 4 is 0 Å². The Bertz CT molecular complexity index is 295. The lowest BCUT2D eigenvalue weighted by Gasteiger charge is -2.12. The van der Waals surface area contributed by atoms with Crippen LogP contribution >= 0.6 is 0 Å². The smallest absolute Gasteiger partial charge is 0.119 e. The average molecular weight is 205 g/mol. The third kappa shape index (κ3) is 5.23. The minimum atomic E-state index is 0.0851. The van der Waals surface area contributed by atoms with Gasteiger partial charge in [-0.3, -0.25) is 0 Å². The predicted octanol–water partition coefficient (Wildman–Crippen LogP) is 2.75. The number of hydrogen-bond acceptors (Lipinski definition) is 2. The second-order valence-corrected chi connectivity index (χ2v) is 3.88. The molecule has 1 rings (SSSR count). The van der Waals surface area contributed by atoms with E-state index in [0.717, 1.165) is 18.6 Å². The molecule has 2 heteroatoms. The molecule has 0 spiro atoms. The maximum Gasteiger partial charge on any atom is 0.119 e. The molecule has 15 heavy (non-hydrogen) atoms. The van der Waals surface area contributed by atoms with E-state index in [-0.39, 0.29) is 6.04 Å². The molecule has 82 valence electrons. The second-order valence-electron chi connectivity index (χ2n) is 3.88. The molecule has 0 amide bonds. The fourth-order valence-electron chi connectivity index (χ4n) is 1.24. The van der Waals surface area contributed by atoms with Crippen molar-refractivity contribution in [3.63, 3.8) is 0 Å². The first-order chi connectivity index (χ1) is 7.18. The summed E-state index contributed by atoms with van der Waals surface area (Å²) in [5, 5.41) is 0. The lowest BCUT2D eigenvalue weighted by atomic mass is 10.1. The Hall–Kier alpha value is -1.28. The van der Waals surface area contributed by atoms with Gasteiger partial charge in [0.25, 0.3) is 0 Å². The highest BCUT2D eigenvalue weighted by Crippen LogP contribution is 2.10. The number of rotatable bonds is 6. The van der Waals surface area contributed by atoms with Crippen molar-refractivity contribution in [1.82, 2.24) is 0 Å². The molecule has 0 aliphatic heterocycles. The number of para-hydroxylation sites is 1. The van der Waals surface area contributed by atoms with Gasteiger partial charge in [0.1, 0.15) is 12.4 Å². The molecular formula is C13H19NO. The van der Waals surface area contributed by atoms with Crippen LogP contribution in [0, 0.1) is 0 Å². The summed E-state index contributed by atoms with van der Waals surface area (Å²) in [7, 11) is 0. The number of allylic oxidation sites excluding steroid dienone is 1. The molecule has 0 aromatic heterocycles. The fourth-order valence-corrected chi connectivity index (χ4v) is 1.24. The average Bonchev–Trinajstić information content (AvgIpc) is 2.25. The van der Waals surface area contributed by atoms with Crippen LogP contribution in [0.15, 0.2) is 42.5 Å². The standard InChI is InChI=1S/C13H19NO/c1-11(2)8-9-12(14)10-15-13-6-4-3-5-7-13/h3-7,12H,1,8-10,14H2,2H3. The molecule has 0 aliphatic rings. The third-order valence-electron chi connectivity index (χ3n) is 2.15. The van der Waals surface area contributed by atoms with Gasteiger partial charge in [0.05, 0.1) is 0 Å².